The Labute approximate surface area is 156 Å². The third kappa shape index (κ3) is 3.22. The van der Waals surface area contributed by atoms with Gasteiger partial charge in [-0.3, -0.25) is 0 Å². The van der Waals surface area contributed by atoms with E-state index in [4.69, 9.17) is 4.74 Å². The van der Waals surface area contributed by atoms with Gasteiger partial charge in [0.1, 0.15) is 17.2 Å². The van der Waals surface area contributed by atoms with Crippen LogP contribution in [0, 0.1) is 5.82 Å². The SMILES string of the molecule is COc1ccc(F)cc1-c1ccnc2[nH]c(C3=CCN(S(C)(=O)=O)C3)cc12. The van der Waals surface area contributed by atoms with Gasteiger partial charge in [0, 0.05) is 35.9 Å². The number of aromatic nitrogens is 2. The van der Waals surface area contributed by atoms with Gasteiger partial charge in [0.15, 0.2) is 0 Å². The maximum atomic E-state index is 13.8. The summed E-state index contributed by atoms with van der Waals surface area (Å²) in [5.74, 6) is 0.212. The maximum Gasteiger partial charge on any atom is 0.211 e. The molecule has 0 fully saturated rings. The molecule has 0 bridgehead atoms. The summed E-state index contributed by atoms with van der Waals surface area (Å²) in [6.45, 7) is 0.659. The lowest BCUT2D eigenvalue weighted by Gasteiger charge is -2.12. The smallest absolute Gasteiger partial charge is 0.211 e. The van der Waals surface area contributed by atoms with Gasteiger partial charge in [0.05, 0.1) is 13.4 Å². The van der Waals surface area contributed by atoms with Crippen LogP contribution in [0.3, 0.4) is 0 Å². The van der Waals surface area contributed by atoms with E-state index < -0.39 is 10.0 Å². The van der Waals surface area contributed by atoms with Crippen molar-refractivity contribution in [3.05, 3.63) is 54.1 Å². The van der Waals surface area contributed by atoms with Crippen LogP contribution in [0.4, 0.5) is 4.39 Å². The second-order valence-corrected chi connectivity index (χ2v) is 8.42. The lowest BCUT2D eigenvalue weighted by Crippen LogP contribution is -2.27. The van der Waals surface area contributed by atoms with Gasteiger partial charge in [-0.25, -0.2) is 17.8 Å². The second kappa shape index (κ2) is 6.47. The number of rotatable bonds is 4. The minimum absolute atomic E-state index is 0.310. The Morgan fingerprint density at radius 3 is 2.74 bits per heavy atom. The molecule has 0 radical (unpaired) electrons. The molecule has 0 amide bonds. The summed E-state index contributed by atoms with van der Waals surface area (Å²) in [4.78, 5) is 7.59. The Morgan fingerprint density at radius 1 is 1.22 bits per heavy atom. The molecular formula is C19H18FN3O3S. The number of fused-ring (bicyclic) bond motifs is 1. The van der Waals surface area contributed by atoms with Crippen LogP contribution in [0.5, 0.6) is 5.75 Å². The number of sulfonamides is 1. The number of aromatic amines is 1. The van der Waals surface area contributed by atoms with Crippen molar-refractivity contribution >= 4 is 26.6 Å². The van der Waals surface area contributed by atoms with Gasteiger partial charge in [-0.2, -0.15) is 4.31 Å². The summed E-state index contributed by atoms with van der Waals surface area (Å²) in [5, 5.41) is 0.815. The molecule has 0 saturated heterocycles. The van der Waals surface area contributed by atoms with Crippen LogP contribution in [0.25, 0.3) is 27.7 Å². The molecular weight excluding hydrogens is 369 g/mol. The van der Waals surface area contributed by atoms with E-state index in [1.165, 1.54) is 22.7 Å². The van der Waals surface area contributed by atoms with E-state index in [-0.39, 0.29) is 5.82 Å². The van der Waals surface area contributed by atoms with Crippen LogP contribution in [0.1, 0.15) is 5.69 Å². The normalized spacial score (nSPS) is 15.3. The number of H-pyrrole nitrogens is 1. The van der Waals surface area contributed by atoms with Crippen molar-refractivity contribution < 1.29 is 17.5 Å². The second-order valence-electron chi connectivity index (χ2n) is 6.43. The molecule has 0 aliphatic carbocycles. The van der Waals surface area contributed by atoms with E-state index >= 15 is 0 Å². The Balaban J connectivity index is 1.80. The highest BCUT2D eigenvalue weighted by Gasteiger charge is 2.24. The van der Waals surface area contributed by atoms with Gasteiger partial charge in [-0.15, -0.1) is 0 Å². The molecule has 27 heavy (non-hydrogen) atoms. The van der Waals surface area contributed by atoms with Crippen molar-refractivity contribution in [2.24, 2.45) is 0 Å². The Kier molecular flexibility index (Phi) is 4.24. The third-order valence-corrected chi connectivity index (χ3v) is 5.90. The number of nitrogens with one attached hydrogen (secondary N) is 1. The van der Waals surface area contributed by atoms with E-state index in [9.17, 15) is 12.8 Å². The molecule has 0 atom stereocenters. The van der Waals surface area contributed by atoms with Crippen molar-refractivity contribution in [3.8, 4) is 16.9 Å². The molecule has 3 aromatic rings. The monoisotopic (exact) mass is 387 g/mol. The van der Waals surface area contributed by atoms with Gasteiger partial charge < -0.3 is 9.72 Å². The fourth-order valence-corrected chi connectivity index (χ4v) is 4.02. The first-order valence-corrected chi connectivity index (χ1v) is 10.2. The summed E-state index contributed by atoms with van der Waals surface area (Å²) in [7, 11) is -1.70. The first-order valence-electron chi connectivity index (χ1n) is 8.33. The minimum atomic E-state index is -3.24. The largest absolute Gasteiger partial charge is 0.496 e. The summed E-state index contributed by atoms with van der Waals surface area (Å²) in [6, 6.07) is 8.10. The van der Waals surface area contributed by atoms with Crippen molar-refractivity contribution in [2.45, 2.75) is 0 Å². The number of halogens is 1. The highest BCUT2D eigenvalue weighted by Crippen LogP contribution is 2.36. The first-order chi connectivity index (χ1) is 12.9. The fourth-order valence-electron chi connectivity index (χ4n) is 3.30. The summed E-state index contributed by atoms with van der Waals surface area (Å²) >= 11 is 0. The molecule has 140 valence electrons. The Bertz CT molecular complexity index is 1170. The quantitative estimate of drug-likeness (QED) is 0.747. The molecule has 4 rings (SSSR count). The van der Waals surface area contributed by atoms with Crippen LogP contribution in [0.15, 0.2) is 42.6 Å². The van der Waals surface area contributed by atoms with Crippen LogP contribution >= 0.6 is 0 Å². The number of hydrogen-bond acceptors (Lipinski definition) is 4. The molecule has 2 aromatic heterocycles. The number of ether oxygens (including phenoxy) is 1. The van der Waals surface area contributed by atoms with Crippen molar-refractivity contribution in [2.75, 3.05) is 26.5 Å². The summed E-state index contributed by atoms with van der Waals surface area (Å²) < 4.78 is 44.1. The van der Waals surface area contributed by atoms with E-state index in [1.807, 2.05) is 18.2 Å². The number of methoxy groups -OCH3 is 1. The molecule has 6 nitrogen and oxygen atoms in total. The van der Waals surface area contributed by atoms with Gasteiger partial charge in [-0.1, -0.05) is 6.08 Å². The van der Waals surface area contributed by atoms with Crippen molar-refractivity contribution in [1.82, 2.24) is 14.3 Å². The molecule has 0 spiro atoms. The lowest BCUT2D eigenvalue weighted by atomic mass is 10.0. The number of nitrogens with zero attached hydrogens (tertiary/aromatic N) is 2. The number of hydrogen-bond donors (Lipinski definition) is 1. The van der Waals surface area contributed by atoms with Gasteiger partial charge in [0.25, 0.3) is 0 Å². The fraction of sp³-hybridized carbons (Fsp3) is 0.211. The summed E-state index contributed by atoms with van der Waals surface area (Å²) in [5.41, 5.74) is 3.75. The van der Waals surface area contributed by atoms with Crippen molar-refractivity contribution in [3.63, 3.8) is 0 Å². The highest BCUT2D eigenvalue weighted by molar-refractivity contribution is 7.88. The third-order valence-electron chi connectivity index (χ3n) is 4.69. The molecule has 1 aliphatic rings. The maximum absolute atomic E-state index is 13.8. The number of benzene rings is 1. The van der Waals surface area contributed by atoms with Gasteiger partial charge >= 0.3 is 0 Å². The zero-order valence-electron chi connectivity index (χ0n) is 14.9. The molecule has 0 saturated carbocycles. The zero-order chi connectivity index (χ0) is 19.2. The highest BCUT2D eigenvalue weighted by atomic mass is 32.2. The molecule has 8 heteroatoms. The predicted octanol–water partition coefficient (Wildman–Crippen LogP) is 3.04. The van der Waals surface area contributed by atoms with Crippen LogP contribution in [-0.4, -0.2) is 49.1 Å². The van der Waals surface area contributed by atoms with Crippen LogP contribution < -0.4 is 4.74 Å². The van der Waals surface area contributed by atoms with E-state index in [0.717, 1.165) is 22.2 Å². The summed E-state index contributed by atoms with van der Waals surface area (Å²) in [6.07, 6.45) is 4.73. The molecule has 1 aliphatic heterocycles. The van der Waals surface area contributed by atoms with Gasteiger partial charge in [-0.05, 0) is 41.5 Å². The predicted molar refractivity (Wildman–Crippen MR) is 102 cm³/mol. The average Bonchev–Trinajstić information content (AvgIpc) is 3.27. The van der Waals surface area contributed by atoms with Crippen LogP contribution in [0.2, 0.25) is 0 Å². The Morgan fingerprint density at radius 2 is 2.04 bits per heavy atom. The molecule has 0 unspecified atom stereocenters. The molecule has 1 aromatic carbocycles. The zero-order valence-corrected chi connectivity index (χ0v) is 15.7. The van der Waals surface area contributed by atoms with E-state index in [0.29, 0.717) is 30.0 Å². The minimum Gasteiger partial charge on any atom is -0.496 e. The standard InChI is InChI=1S/C19H18FN3O3S/c1-26-18-4-3-13(20)9-15(18)14-5-7-21-19-16(14)10-17(22-19)12-6-8-23(11-12)27(2,24)25/h3-7,9-10H,8,11H2,1-2H3,(H,21,22). The van der Waals surface area contributed by atoms with Crippen molar-refractivity contribution in [1.29, 1.82) is 0 Å². The van der Waals surface area contributed by atoms with E-state index in [1.54, 1.807) is 19.4 Å². The Hall–Kier alpha value is -2.71. The molecule has 3 heterocycles. The topological polar surface area (TPSA) is 75.3 Å². The van der Waals surface area contributed by atoms with Crippen LogP contribution in [-0.2, 0) is 10.0 Å². The average molecular weight is 387 g/mol. The van der Waals surface area contributed by atoms with Gasteiger partial charge in [0.2, 0.25) is 10.0 Å². The number of pyridine rings is 1. The molecule has 1 N–H and O–H groups in total. The first kappa shape index (κ1) is 17.7. The van der Waals surface area contributed by atoms with E-state index in [2.05, 4.69) is 9.97 Å². The lowest BCUT2D eigenvalue weighted by molar-refractivity contribution is 0.415.